The first kappa shape index (κ1) is 23.0. The number of alkyl halides is 3. The van der Waals surface area contributed by atoms with Gasteiger partial charge in [0.2, 0.25) is 5.91 Å². The van der Waals surface area contributed by atoms with Crippen LogP contribution in [-0.4, -0.2) is 33.9 Å². The molecule has 0 bridgehead atoms. The second-order valence-corrected chi connectivity index (χ2v) is 7.31. The lowest BCUT2D eigenvalue weighted by Gasteiger charge is -2.13. The van der Waals surface area contributed by atoms with Crippen molar-refractivity contribution >= 4 is 29.0 Å². The van der Waals surface area contributed by atoms with Crippen molar-refractivity contribution < 1.29 is 27.6 Å². The number of hydrogen-bond donors (Lipinski definition) is 1. The molecule has 0 saturated heterocycles. The summed E-state index contributed by atoms with van der Waals surface area (Å²) >= 11 is 1.03. The van der Waals surface area contributed by atoms with Crippen LogP contribution >= 0.6 is 11.8 Å². The van der Waals surface area contributed by atoms with E-state index in [1.807, 2.05) is 0 Å². The summed E-state index contributed by atoms with van der Waals surface area (Å²) < 4.78 is 43.8. The highest BCUT2D eigenvalue weighted by atomic mass is 32.2. The van der Waals surface area contributed by atoms with Crippen molar-refractivity contribution in [3.05, 3.63) is 70.3 Å². The summed E-state index contributed by atoms with van der Waals surface area (Å²) in [6.07, 6.45) is -4.56. The number of thioether (sulfide) groups is 1. The molecule has 1 N–H and O–H groups in total. The zero-order valence-corrected chi connectivity index (χ0v) is 17.2. The first-order valence-corrected chi connectivity index (χ1v) is 9.92. The Balaban J connectivity index is 1.64. The number of non-ortho nitro benzene ring substituents is 1. The number of methoxy groups -OCH3 is 1. The lowest BCUT2D eigenvalue weighted by molar-refractivity contribution is -0.384. The van der Waals surface area contributed by atoms with Gasteiger partial charge in [0.15, 0.2) is 0 Å². The molecule has 0 saturated carbocycles. The van der Waals surface area contributed by atoms with Crippen LogP contribution in [0.5, 0.6) is 5.75 Å². The van der Waals surface area contributed by atoms with Crippen molar-refractivity contribution in [2.75, 3.05) is 18.2 Å². The predicted octanol–water partition coefficient (Wildman–Crippen LogP) is 4.81. The Morgan fingerprint density at radius 2 is 1.94 bits per heavy atom. The van der Waals surface area contributed by atoms with Crippen LogP contribution in [0.15, 0.2) is 59.6 Å². The number of nitrogens with one attached hydrogen (secondary N) is 1. The molecule has 0 aliphatic rings. The second-order valence-electron chi connectivity index (χ2n) is 6.31. The van der Waals surface area contributed by atoms with Gasteiger partial charge in [0.1, 0.15) is 10.8 Å². The minimum absolute atomic E-state index is 0.0792. The van der Waals surface area contributed by atoms with Gasteiger partial charge in [-0.25, -0.2) is 0 Å². The molecular weight excluding hydrogens is 449 g/mol. The molecule has 0 spiro atoms. The van der Waals surface area contributed by atoms with Crippen LogP contribution in [0, 0.1) is 10.1 Å². The van der Waals surface area contributed by atoms with Crippen molar-refractivity contribution in [2.45, 2.75) is 11.2 Å². The smallest absolute Gasteiger partial charge is 0.416 e. The van der Waals surface area contributed by atoms with Gasteiger partial charge in [0, 0.05) is 17.7 Å². The Morgan fingerprint density at radius 3 is 2.56 bits per heavy atom. The number of nitrogens with zero attached hydrogens (tertiary/aromatic N) is 3. The number of amides is 1. The fourth-order valence-electron chi connectivity index (χ4n) is 2.64. The maximum absolute atomic E-state index is 12.9. The number of benzene rings is 2. The van der Waals surface area contributed by atoms with E-state index in [-0.39, 0.29) is 22.9 Å². The van der Waals surface area contributed by atoms with Crippen LogP contribution in [0.4, 0.5) is 24.5 Å². The van der Waals surface area contributed by atoms with Gasteiger partial charge < -0.3 is 10.1 Å². The predicted molar refractivity (Wildman–Crippen MR) is 111 cm³/mol. The van der Waals surface area contributed by atoms with Crippen LogP contribution in [0.25, 0.3) is 11.3 Å². The zero-order valence-electron chi connectivity index (χ0n) is 16.4. The SMILES string of the molecule is COc1ccc(C(F)(F)F)cc1NC(=O)CSc1ccc(-c2cccc([N+](=O)[O-])c2)nn1. The van der Waals surface area contributed by atoms with Crippen LogP contribution < -0.4 is 10.1 Å². The Hall–Kier alpha value is -3.67. The highest BCUT2D eigenvalue weighted by molar-refractivity contribution is 7.99. The number of aromatic nitrogens is 2. The summed E-state index contributed by atoms with van der Waals surface area (Å²) in [4.78, 5) is 22.6. The average molecular weight is 464 g/mol. The lowest BCUT2D eigenvalue weighted by Crippen LogP contribution is -2.16. The fourth-order valence-corrected chi connectivity index (χ4v) is 3.25. The number of anilines is 1. The van der Waals surface area contributed by atoms with Crippen LogP contribution in [0.2, 0.25) is 0 Å². The minimum atomic E-state index is -4.56. The van der Waals surface area contributed by atoms with Gasteiger partial charge in [-0.3, -0.25) is 14.9 Å². The number of rotatable bonds is 7. The molecule has 2 aromatic carbocycles. The highest BCUT2D eigenvalue weighted by Gasteiger charge is 2.31. The summed E-state index contributed by atoms with van der Waals surface area (Å²) in [5, 5.41) is 21.7. The van der Waals surface area contributed by atoms with Crippen LogP contribution in [0.1, 0.15) is 5.56 Å². The Kier molecular flexibility index (Phi) is 6.93. The number of carbonyl (C=O) groups is 1. The topological polar surface area (TPSA) is 107 Å². The normalized spacial score (nSPS) is 11.1. The summed E-state index contributed by atoms with van der Waals surface area (Å²) in [5.41, 5.74) is -0.165. The van der Waals surface area contributed by atoms with Crippen LogP contribution in [0.3, 0.4) is 0 Å². The van der Waals surface area contributed by atoms with E-state index in [4.69, 9.17) is 4.74 Å². The first-order chi connectivity index (χ1) is 15.2. The van der Waals surface area contributed by atoms with Crippen molar-refractivity contribution in [1.29, 1.82) is 0 Å². The maximum Gasteiger partial charge on any atom is 0.416 e. The monoisotopic (exact) mass is 464 g/mol. The van der Waals surface area contributed by atoms with E-state index in [0.29, 0.717) is 16.3 Å². The van der Waals surface area contributed by atoms with E-state index in [2.05, 4.69) is 15.5 Å². The number of nitro groups is 1. The Labute approximate surface area is 184 Å². The minimum Gasteiger partial charge on any atom is -0.495 e. The van der Waals surface area contributed by atoms with Crippen molar-refractivity contribution in [1.82, 2.24) is 10.2 Å². The number of ether oxygens (including phenoxy) is 1. The summed E-state index contributed by atoms with van der Waals surface area (Å²) in [6, 6.07) is 11.9. The molecule has 3 rings (SSSR count). The fraction of sp³-hybridized carbons (Fsp3) is 0.150. The molecule has 3 aromatic rings. The van der Waals surface area contributed by atoms with Gasteiger partial charge in [-0.15, -0.1) is 10.2 Å². The molecule has 166 valence electrons. The average Bonchev–Trinajstić information content (AvgIpc) is 2.77. The summed E-state index contributed by atoms with van der Waals surface area (Å²) in [7, 11) is 1.28. The molecule has 0 fully saturated rings. The van der Waals surface area contributed by atoms with Gasteiger partial charge in [0.25, 0.3) is 5.69 Å². The summed E-state index contributed by atoms with van der Waals surface area (Å²) in [5.74, 6) is -0.598. The third kappa shape index (κ3) is 5.72. The molecule has 1 heterocycles. The molecule has 1 aromatic heterocycles. The number of carbonyl (C=O) groups excluding carboxylic acids is 1. The van der Waals surface area contributed by atoms with E-state index in [0.717, 1.165) is 30.0 Å². The Bertz CT molecular complexity index is 1140. The molecular formula is C20H15F3N4O4S. The van der Waals surface area contributed by atoms with E-state index in [9.17, 15) is 28.1 Å². The summed E-state index contributed by atoms with van der Waals surface area (Å²) in [6.45, 7) is 0. The number of hydrogen-bond acceptors (Lipinski definition) is 7. The molecule has 0 unspecified atom stereocenters. The highest BCUT2D eigenvalue weighted by Crippen LogP contribution is 2.35. The van der Waals surface area contributed by atoms with E-state index >= 15 is 0 Å². The first-order valence-electron chi connectivity index (χ1n) is 8.94. The van der Waals surface area contributed by atoms with Gasteiger partial charge in [-0.1, -0.05) is 23.9 Å². The van der Waals surface area contributed by atoms with E-state index in [1.54, 1.807) is 18.2 Å². The van der Waals surface area contributed by atoms with Crippen LogP contribution in [-0.2, 0) is 11.0 Å². The number of halogens is 3. The lowest BCUT2D eigenvalue weighted by atomic mass is 10.1. The third-order valence-electron chi connectivity index (χ3n) is 4.14. The van der Waals surface area contributed by atoms with Gasteiger partial charge in [0.05, 0.1) is 34.7 Å². The van der Waals surface area contributed by atoms with Gasteiger partial charge >= 0.3 is 6.18 Å². The molecule has 32 heavy (non-hydrogen) atoms. The quantitative estimate of drug-likeness (QED) is 0.304. The second kappa shape index (κ2) is 9.64. The zero-order chi connectivity index (χ0) is 23.3. The molecule has 0 aliphatic carbocycles. The van der Waals surface area contributed by atoms with Crippen molar-refractivity contribution in [3.63, 3.8) is 0 Å². The molecule has 0 radical (unpaired) electrons. The molecule has 8 nitrogen and oxygen atoms in total. The third-order valence-corrected chi connectivity index (χ3v) is 5.06. The molecule has 1 amide bonds. The van der Waals surface area contributed by atoms with E-state index < -0.39 is 22.6 Å². The largest absolute Gasteiger partial charge is 0.495 e. The molecule has 12 heteroatoms. The Morgan fingerprint density at radius 1 is 1.16 bits per heavy atom. The maximum atomic E-state index is 12.9. The van der Waals surface area contributed by atoms with Gasteiger partial charge in [-0.2, -0.15) is 13.2 Å². The van der Waals surface area contributed by atoms with Gasteiger partial charge in [-0.05, 0) is 30.3 Å². The number of nitro benzene ring substituents is 1. The van der Waals surface area contributed by atoms with Crippen molar-refractivity contribution in [3.8, 4) is 17.0 Å². The molecule has 0 atom stereocenters. The van der Waals surface area contributed by atoms with Crippen molar-refractivity contribution in [2.24, 2.45) is 0 Å². The standard InChI is InChI=1S/C20H15F3N4O4S/c1-31-17-7-5-13(20(21,22)23)10-16(17)24-18(28)11-32-19-8-6-15(25-26-19)12-3-2-4-14(9-12)27(29)30/h2-10H,11H2,1H3,(H,24,28). The molecule has 0 aliphatic heterocycles. The van der Waals surface area contributed by atoms with E-state index in [1.165, 1.54) is 25.3 Å².